The monoisotopic (exact) mass is 270 g/mol. The first-order valence-corrected chi connectivity index (χ1v) is 6.39. The molecular formula is C12H15ClN2OS. The number of aromatic nitrogens is 1. The Morgan fingerprint density at radius 1 is 1.41 bits per heavy atom. The lowest BCUT2D eigenvalue weighted by molar-refractivity contribution is 0.256. The summed E-state index contributed by atoms with van der Waals surface area (Å²) >= 11 is 1.51. The van der Waals surface area contributed by atoms with Gasteiger partial charge in [0.05, 0.1) is 16.7 Å². The average molecular weight is 271 g/mol. The number of fused-ring (bicyclic) bond motifs is 1. The minimum atomic E-state index is 0. The predicted octanol–water partition coefficient (Wildman–Crippen LogP) is 2.71. The maximum absolute atomic E-state index is 5.80. The molecule has 0 bridgehead atoms. The molecule has 1 aromatic heterocycles. The molecule has 0 spiro atoms. The van der Waals surface area contributed by atoms with Gasteiger partial charge in [-0.05, 0) is 36.6 Å². The molecule has 0 radical (unpaired) electrons. The van der Waals surface area contributed by atoms with Gasteiger partial charge in [-0.15, -0.1) is 12.4 Å². The van der Waals surface area contributed by atoms with E-state index in [1.165, 1.54) is 22.7 Å². The van der Waals surface area contributed by atoms with Crippen molar-refractivity contribution in [1.82, 2.24) is 9.69 Å². The van der Waals surface area contributed by atoms with Crippen molar-refractivity contribution in [2.24, 2.45) is 5.92 Å². The van der Waals surface area contributed by atoms with Gasteiger partial charge < -0.3 is 10.1 Å². The Kier molecular flexibility index (Phi) is 4.20. The van der Waals surface area contributed by atoms with E-state index in [-0.39, 0.29) is 12.4 Å². The van der Waals surface area contributed by atoms with Crippen LogP contribution in [-0.4, -0.2) is 24.1 Å². The van der Waals surface area contributed by atoms with E-state index < -0.39 is 0 Å². The molecule has 5 heteroatoms. The standard InChI is InChI=1S/C12H14N2OS.ClH/c1-2-4-11-10(3-1)12(14-16-11)15-8-9-5-6-13-7-9;/h1-4,9,13H,5-8H2;1H. The van der Waals surface area contributed by atoms with E-state index in [0.29, 0.717) is 5.92 Å². The number of halogens is 1. The molecule has 1 unspecified atom stereocenters. The minimum absolute atomic E-state index is 0. The average Bonchev–Trinajstić information content (AvgIpc) is 2.96. The summed E-state index contributed by atoms with van der Waals surface area (Å²) < 4.78 is 11.4. The molecule has 2 aromatic rings. The summed E-state index contributed by atoms with van der Waals surface area (Å²) in [6, 6.07) is 8.21. The highest BCUT2D eigenvalue weighted by Gasteiger charge is 2.16. The fourth-order valence-electron chi connectivity index (χ4n) is 2.02. The summed E-state index contributed by atoms with van der Waals surface area (Å²) in [6.07, 6.45) is 1.21. The van der Waals surface area contributed by atoms with E-state index in [1.54, 1.807) is 0 Å². The molecule has 92 valence electrons. The van der Waals surface area contributed by atoms with Gasteiger partial charge in [-0.3, -0.25) is 0 Å². The molecule has 1 N–H and O–H groups in total. The number of hydrogen-bond acceptors (Lipinski definition) is 4. The SMILES string of the molecule is Cl.c1ccc2c(OCC3CCNC3)nsc2c1. The molecule has 1 atom stereocenters. The lowest BCUT2D eigenvalue weighted by Gasteiger charge is -2.08. The van der Waals surface area contributed by atoms with Crippen molar-refractivity contribution in [3.05, 3.63) is 24.3 Å². The zero-order valence-electron chi connectivity index (χ0n) is 9.39. The molecule has 3 rings (SSSR count). The fraction of sp³-hybridized carbons (Fsp3) is 0.417. The van der Waals surface area contributed by atoms with Crippen molar-refractivity contribution in [2.45, 2.75) is 6.42 Å². The summed E-state index contributed by atoms with van der Waals surface area (Å²) in [6.45, 7) is 2.97. The van der Waals surface area contributed by atoms with E-state index in [2.05, 4.69) is 21.8 Å². The van der Waals surface area contributed by atoms with Crippen molar-refractivity contribution < 1.29 is 4.74 Å². The summed E-state index contributed by atoms with van der Waals surface area (Å²) in [5, 5.41) is 4.48. The highest BCUT2D eigenvalue weighted by atomic mass is 35.5. The van der Waals surface area contributed by atoms with Gasteiger partial charge in [0.25, 0.3) is 0 Å². The van der Waals surface area contributed by atoms with Crippen LogP contribution < -0.4 is 10.1 Å². The second-order valence-electron chi connectivity index (χ2n) is 4.15. The topological polar surface area (TPSA) is 34.1 Å². The van der Waals surface area contributed by atoms with Crippen LogP contribution in [0.25, 0.3) is 10.1 Å². The molecule has 1 aromatic carbocycles. The Morgan fingerprint density at radius 2 is 2.29 bits per heavy atom. The summed E-state index contributed by atoms with van der Waals surface area (Å²) in [7, 11) is 0. The summed E-state index contributed by atoms with van der Waals surface area (Å²) in [4.78, 5) is 0. The molecule has 1 aliphatic heterocycles. The molecule has 0 amide bonds. The zero-order valence-corrected chi connectivity index (χ0v) is 11.0. The Bertz CT molecular complexity index is 482. The maximum Gasteiger partial charge on any atom is 0.233 e. The first kappa shape index (κ1) is 12.6. The second kappa shape index (κ2) is 5.67. The van der Waals surface area contributed by atoms with Gasteiger partial charge in [0.1, 0.15) is 0 Å². The molecule has 1 fully saturated rings. The summed E-state index contributed by atoms with van der Waals surface area (Å²) in [5.74, 6) is 1.44. The number of nitrogens with one attached hydrogen (secondary N) is 1. The molecule has 3 nitrogen and oxygen atoms in total. The molecule has 2 heterocycles. The van der Waals surface area contributed by atoms with Gasteiger partial charge in [0.2, 0.25) is 5.88 Å². The van der Waals surface area contributed by atoms with E-state index in [4.69, 9.17) is 4.74 Å². The molecule has 1 aliphatic rings. The number of nitrogens with zero attached hydrogens (tertiary/aromatic N) is 1. The number of benzene rings is 1. The van der Waals surface area contributed by atoms with Crippen LogP contribution in [0.15, 0.2) is 24.3 Å². The van der Waals surface area contributed by atoms with Crippen LogP contribution in [0.4, 0.5) is 0 Å². The smallest absolute Gasteiger partial charge is 0.233 e. The Labute approximate surface area is 111 Å². The Hall–Kier alpha value is -0.840. The third-order valence-corrected chi connectivity index (χ3v) is 3.77. The Balaban J connectivity index is 0.00000108. The van der Waals surface area contributed by atoms with Gasteiger partial charge in [-0.1, -0.05) is 12.1 Å². The van der Waals surface area contributed by atoms with Crippen molar-refractivity contribution in [3.8, 4) is 5.88 Å². The largest absolute Gasteiger partial charge is 0.476 e. The van der Waals surface area contributed by atoms with Crippen LogP contribution in [0.2, 0.25) is 0 Å². The van der Waals surface area contributed by atoms with Crippen LogP contribution in [0.3, 0.4) is 0 Å². The first-order valence-electron chi connectivity index (χ1n) is 5.61. The number of hydrogen-bond donors (Lipinski definition) is 1. The van der Waals surface area contributed by atoms with E-state index in [1.807, 2.05) is 12.1 Å². The van der Waals surface area contributed by atoms with Crippen molar-refractivity contribution in [2.75, 3.05) is 19.7 Å². The second-order valence-corrected chi connectivity index (χ2v) is 4.96. The molecule has 1 saturated heterocycles. The molecule has 0 saturated carbocycles. The van der Waals surface area contributed by atoms with Crippen molar-refractivity contribution in [3.63, 3.8) is 0 Å². The van der Waals surface area contributed by atoms with Crippen LogP contribution in [0.1, 0.15) is 6.42 Å². The highest BCUT2D eigenvalue weighted by molar-refractivity contribution is 7.13. The number of ether oxygens (including phenoxy) is 1. The molecule has 0 aliphatic carbocycles. The highest BCUT2D eigenvalue weighted by Crippen LogP contribution is 2.28. The van der Waals surface area contributed by atoms with Crippen LogP contribution in [0.5, 0.6) is 5.88 Å². The normalized spacial score (nSPS) is 19.2. The first-order chi connectivity index (χ1) is 7.93. The molecule has 17 heavy (non-hydrogen) atoms. The zero-order chi connectivity index (χ0) is 10.8. The third kappa shape index (κ3) is 2.70. The van der Waals surface area contributed by atoms with E-state index in [0.717, 1.165) is 31.0 Å². The van der Waals surface area contributed by atoms with E-state index in [9.17, 15) is 0 Å². The summed E-state index contributed by atoms with van der Waals surface area (Å²) in [5.41, 5.74) is 0. The number of rotatable bonds is 3. The van der Waals surface area contributed by atoms with Gasteiger partial charge in [0, 0.05) is 12.5 Å². The minimum Gasteiger partial charge on any atom is -0.476 e. The third-order valence-electron chi connectivity index (χ3n) is 2.96. The molecular weight excluding hydrogens is 256 g/mol. The lowest BCUT2D eigenvalue weighted by atomic mass is 10.1. The van der Waals surface area contributed by atoms with Crippen LogP contribution in [0, 0.1) is 5.92 Å². The van der Waals surface area contributed by atoms with Gasteiger partial charge in [-0.2, -0.15) is 4.37 Å². The van der Waals surface area contributed by atoms with Gasteiger partial charge >= 0.3 is 0 Å². The quantitative estimate of drug-likeness (QED) is 0.931. The van der Waals surface area contributed by atoms with Crippen LogP contribution >= 0.6 is 23.9 Å². The van der Waals surface area contributed by atoms with E-state index >= 15 is 0 Å². The fourth-order valence-corrected chi connectivity index (χ4v) is 2.75. The van der Waals surface area contributed by atoms with Crippen LogP contribution in [-0.2, 0) is 0 Å². The van der Waals surface area contributed by atoms with Crippen molar-refractivity contribution >= 4 is 34.0 Å². The van der Waals surface area contributed by atoms with Gasteiger partial charge in [-0.25, -0.2) is 0 Å². The Morgan fingerprint density at radius 3 is 3.12 bits per heavy atom. The van der Waals surface area contributed by atoms with Crippen molar-refractivity contribution in [1.29, 1.82) is 0 Å². The maximum atomic E-state index is 5.80. The lowest BCUT2D eigenvalue weighted by Crippen LogP contribution is -2.15. The predicted molar refractivity (Wildman–Crippen MR) is 73.3 cm³/mol. The van der Waals surface area contributed by atoms with Gasteiger partial charge in [0.15, 0.2) is 0 Å².